The molecule has 0 fully saturated rings. The van der Waals surface area contributed by atoms with E-state index in [1.54, 1.807) is 7.11 Å². The van der Waals surface area contributed by atoms with E-state index in [9.17, 15) is 5.11 Å². The van der Waals surface area contributed by atoms with Crippen molar-refractivity contribution in [3.63, 3.8) is 0 Å². The van der Waals surface area contributed by atoms with E-state index in [-0.39, 0.29) is 0 Å². The second kappa shape index (κ2) is 8.21. The van der Waals surface area contributed by atoms with E-state index >= 15 is 0 Å². The molecule has 0 heterocycles. The predicted octanol–water partition coefficient (Wildman–Crippen LogP) is 1.55. The Labute approximate surface area is 87.8 Å². The zero-order valence-electron chi connectivity index (χ0n) is 9.81. The molecule has 0 amide bonds. The molecule has 0 saturated heterocycles. The van der Waals surface area contributed by atoms with E-state index in [2.05, 4.69) is 12.2 Å². The summed E-state index contributed by atoms with van der Waals surface area (Å²) in [5, 5.41) is 13.1. The molecule has 0 spiro atoms. The molecule has 2 N–H and O–H groups in total. The van der Waals surface area contributed by atoms with E-state index in [0.717, 1.165) is 6.54 Å². The zero-order valence-corrected chi connectivity index (χ0v) is 9.81. The Bertz CT molecular complexity index is 126. The highest BCUT2D eigenvalue weighted by atomic mass is 16.5. The first-order chi connectivity index (χ1) is 6.62. The van der Waals surface area contributed by atoms with Crippen LogP contribution in [-0.4, -0.2) is 37.5 Å². The molecule has 3 nitrogen and oxygen atoms in total. The fraction of sp³-hybridized carbons (Fsp3) is 1.00. The summed E-state index contributed by atoms with van der Waals surface area (Å²) in [6.07, 6.45) is 4.37. The molecule has 1 atom stereocenters. The fourth-order valence-corrected chi connectivity index (χ4v) is 1.27. The van der Waals surface area contributed by atoms with Crippen molar-refractivity contribution in [2.75, 3.05) is 26.8 Å². The van der Waals surface area contributed by atoms with Crippen LogP contribution in [0, 0.1) is 0 Å². The van der Waals surface area contributed by atoms with Crippen molar-refractivity contribution in [3.05, 3.63) is 0 Å². The Morgan fingerprint density at radius 3 is 2.64 bits per heavy atom. The van der Waals surface area contributed by atoms with Gasteiger partial charge in [-0.1, -0.05) is 19.8 Å². The van der Waals surface area contributed by atoms with Crippen LogP contribution in [0.2, 0.25) is 0 Å². The maximum atomic E-state index is 9.86. The third-order valence-electron chi connectivity index (χ3n) is 2.31. The number of aliphatic hydroxyl groups is 1. The molecule has 0 aromatic rings. The lowest BCUT2D eigenvalue weighted by molar-refractivity contribution is 0.0251. The number of ether oxygens (including phenoxy) is 1. The summed E-state index contributed by atoms with van der Waals surface area (Å²) in [5.41, 5.74) is -0.637. The standard InChI is InChI=1S/C11H25NO2/c1-4-5-6-8-12-10-11(2,13)7-9-14-3/h12-13H,4-10H2,1-3H3. The third kappa shape index (κ3) is 8.48. The number of nitrogens with one attached hydrogen (secondary N) is 1. The summed E-state index contributed by atoms with van der Waals surface area (Å²) < 4.78 is 4.93. The zero-order chi connectivity index (χ0) is 10.9. The first kappa shape index (κ1) is 13.9. The molecular weight excluding hydrogens is 178 g/mol. The summed E-state index contributed by atoms with van der Waals surface area (Å²) in [7, 11) is 1.66. The lowest BCUT2D eigenvalue weighted by Gasteiger charge is -2.23. The van der Waals surface area contributed by atoms with Crippen LogP contribution in [0.3, 0.4) is 0 Å². The summed E-state index contributed by atoms with van der Waals surface area (Å²) >= 11 is 0. The van der Waals surface area contributed by atoms with Gasteiger partial charge < -0.3 is 15.2 Å². The average Bonchev–Trinajstić information content (AvgIpc) is 2.15. The van der Waals surface area contributed by atoms with Crippen LogP contribution >= 0.6 is 0 Å². The maximum Gasteiger partial charge on any atom is 0.0765 e. The minimum absolute atomic E-state index is 0.615. The van der Waals surface area contributed by atoms with Crippen LogP contribution in [0.15, 0.2) is 0 Å². The van der Waals surface area contributed by atoms with Crippen LogP contribution in [0.4, 0.5) is 0 Å². The van der Waals surface area contributed by atoms with Crippen molar-refractivity contribution in [1.82, 2.24) is 5.32 Å². The average molecular weight is 203 g/mol. The normalized spacial score (nSPS) is 15.4. The highest BCUT2D eigenvalue weighted by Gasteiger charge is 2.18. The smallest absolute Gasteiger partial charge is 0.0765 e. The quantitative estimate of drug-likeness (QED) is 0.559. The number of hydrogen-bond acceptors (Lipinski definition) is 3. The minimum atomic E-state index is -0.637. The molecule has 0 aliphatic carbocycles. The van der Waals surface area contributed by atoms with Crippen molar-refractivity contribution < 1.29 is 9.84 Å². The van der Waals surface area contributed by atoms with Crippen LogP contribution in [0.25, 0.3) is 0 Å². The molecule has 0 radical (unpaired) electrons. The molecule has 0 aliphatic rings. The van der Waals surface area contributed by atoms with Crippen LogP contribution in [0.1, 0.15) is 39.5 Å². The molecule has 14 heavy (non-hydrogen) atoms. The van der Waals surface area contributed by atoms with Crippen molar-refractivity contribution in [1.29, 1.82) is 0 Å². The van der Waals surface area contributed by atoms with Gasteiger partial charge >= 0.3 is 0 Å². The van der Waals surface area contributed by atoms with E-state index < -0.39 is 5.60 Å². The van der Waals surface area contributed by atoms with E-state index in [1.165, 1.54) is 19.3 Å². The molecular formula is C11H25NO2. The van der Waals surface area contributed by atoms with Gasteiger partial charge in [-0.3, -0.25) is 0 Å². The van der Waals surface area contributed by atoms with Gasteiger partial charge in [-0.15, -0.1) is 0 Å². The van der Waals surface area contributed by atoms with E-state index in [1.807, 2.05) is 6.92 Å². The van der Waals surface area contributed by atoms with Crippen molar-refractivity contribution >= 4 is 0 Å². The number of hydrogen-bond donors (Lipinski definition) is 2. The van der Waals surface area contributed by atoms with Gasteiger partial charge in [0.25, 0.3) is 0 Å². The monoisotopic (exact) mass is 203 g/mol. The van der Waals surface area contributed by atoms with Crippen LogP contribution < -0.4 is 5.32 Å². The summed E-state index contributed by atoms with van der Waals surface area (Å²) in [5.74, 6) is 0. The maximum absolute atomic E-state index is 9.86. The van der Waals surface area contributed by atoms with Gasteiger partial charge in [0.15, 0.2) is 0 Å². The van der Waals surface area contributed by atoms with Gasteiger partial charge in [0.2, 0.25) is 0 Å². The first-order valence-corrected chi connectivity index (χ1v) is 5.54. The second-order valence-electron chi connectivity index (χ2n) is 4.12. The Hall–Kier alpha value is -0.120. The Kier molecular flexibility index (Phi) is 8.14. The largest absolute Gasteiger partial charge is 0.389 e. The summed E-state index contributed by atoms with van der Waals surface area (Å²) in [4.78, 5) is 0. The number of unbranched alkanes of at least 4 members (excludes halogenated alkanes) is 2. The van der Waals surface area contributed by atoms with Crippen molar-refractivity contribution in [3.8, 4) is 0 Å². The van der Waals surface area contributed by atoms with E-state index in [0.29, 0.717) is 19.6 Å². The summed E-state index contributed by atoms with van der Waals surface area (Å²) in [6, 6.07) is 0. The van der Waals surface area contributed by atoms with Gasteiger partial charge in [0.1, 0.15) is 0 Å². The number of methoxy groups -OCH3 is 1. The lowest BCUT2D eigenvalue weighted by Crippen LogP contribution is -2.39. The highest BCUT2D eigenvalue weighted by molar-refractivity contribution is 4.74. The molecule has 3 heteroatoms. The lowest BCUT2D eigenvalue weighted by atomic mass is 10.0. The van der Waals surface area contributed by atoms with Gasteiger partial charge in [-0.2, -0.15) is 0 Å². The molecule has 0 aromatic carbocycles. The Morgan fingerprint density at radius 1 is 1.36 bits per heavy atom. The van der Waals surface area contributed by atoms with E-state index in [4.69, 9.17) is 4.74 Å². The third-order valence-corrected chi connectivity index (χ3v) is 2.31. The van der Waals surface area contributed by atoms with Gasteiger partial charge in [-0.05, 0) is 19.9 Å². The predicted molar refractivity (Wildman–Crippen MR) is 59.5 cm³/mol. The molecule has 0 saturated carbocycles. The Balaban J connectivity index is 3.35. The van der Waals surface area contributed by atoms with Crippen LogP contribution in [-0.2, 0) is 4.74 Å². The second-order valence-corrected chi connectivity index (χ2v) is 4.12. The molecule has 86 valence electrons. The molecule has 0 aliphatic heterocycles. The molecule has 0 bridgehead atoms. The van der Waals surface area contributed by atoms with Gasteiger partial charge in [-0.25, -0.2) is 0 Å². The molecule has 0 rings (SSSR count). The van der Waals surface area contributed by atoms with Gasteiger partial charge in [0.05, 0.1) is 5.60 Å². The van der Waals surface area contributed by atoms with Crippen molar-refractivity contribution in [2.45, 2.75) is 45.1 Å². The summed E-state index contributed by atoms with van der Waals surface area (Å²) in [6.45, 7) is 6.30. The highest BCUT2D eigenvalue weighted by Crippen LogP contribution is 2.07. The van der Waals surface area contributed by atoms with Crippen LogP contribution in [0.5, 0.6) is 0 Å². The fourth-order valence-electron chi connectivity index (χ4n) is 1.27. The molecule has 0 aromatic heterocycles. The van der Waals surface area contributed by atoms with Gasteiger partial charge in [0, 0.05) is 26.7 Å². The van der Waals surface area contributed by atoms with Crippen molar-refractivity contribution in [2.24, 2.45) is 0 Å². The SMILES string of the molecule is CCCCCNCC(C)(O)CCOC. The minimum Gasteiger partial charge on any atom is -0.389 e. The first-order valence-electron chi connectivity index (χ1n) is 5.54. The topological polar surface area (TPSA) is 41.5 Å². The molecule has 1 unspecified atom stereocenters. The number of rotatable bonds is 9. The Morgan fingerprint density at radius 2 is 2.07 bits per heavy atom.